The lowest BCUT2D eigenvalue weighted by Gasteiger charge is -2.32. The maximum atomic E-state index is 5.44. The Hall–Kier alpha value is -0.160. The third-order valence-electron chi connectivity index (χ3n) is 4.44. The molecule has 4 nitrogen and oxygen atoms in total. The Bertz CT molecular complexity index is 254. The van der Waals surface area contributed by atoms with Crippen molar-refractivity contribution in [3.8, 4) is 0 Å². The molecule has 2 aliphatic rings. The third kappa shape index (κ3) is 5.68. The van der Waals surface area contributed by atoms with Crippen molar-refractivity contribution in [3.05, 3.63) is 0 Å². The van der Waals surface area contributed by atoms with E-state index >= 15 is 0 Å². The average molecular weight is 283 g/mol. The molecular formula is C16H33N3O. The summed E-state index contributed by atoms with van der Waals surface area (Å²) >= 11 is 0. The van der Waals surface area contributed by atoms with Gasteiger partial charge in [0.2, 0.25) is 0 Å². The molecule has 118 valence electrons. The highest BCUT2D eigenvalue weighted by molar-refractivity contribution is 4.84. The lowest BCUT2D eigenvalue weighted by Crippen LogP contribution is -2.44. The van der Waals surface area contributed by atoms with Gasteiger partial charge in [-0.25, -0.2) is 0 Å². The lowest BCUT2D eigenvalue weighted by molar-refractivity contribution is 0.0185. The van der Waals surface area contributed by atoms with Gasteiger partial charge in [-0.3, -0.25) is 4.90 Å². The van der Waals surface area contributed by atoms with Gasteiger partial charge in [-0.2, -0.15) is 0 Å². The molecule has 0 aromatic rings. The van der Waals surface area contributed by atoms with Crippen LogP contribution in [0.2, 0.25) is 0 Å². The van der Waals surface area contributed by atoms with Gasteiger partial charge in [-0.1, -0.05) is 13.8 Å². The van der Waals surface area contributed by atoms with Gasteiger partial charge in [0.25, 0.3) is 0 Å². The molecule has 2 aliphatic heterocycles. The Balaban J connectivity index is 1.50. The zero-order valence-electron chi connectivity index (χ0n) is 13.4. The first-order valence-electron chi connectivity index (χ1n) is 8.50. The second-order valence-electron chi connectivity index (χ2n) is 6.70. The standard InChI is InChI=1S/C16H33N3O/c1-15(2)13-17-6-3-4-7-18-8-5-16(14-18)19-9-11-20-12-10-19/h15-17H,3-14H2,1-2H3. The molecule has 2 fully saturated rings. The van der Waals surface area contributed by atoms with E-state index in [1.165, 1.54) is 45.4 Å². The molecule has 0 amide bonds. The highest BCUT2D eigenvalue weighted by atomic mass is 16.5. The van der Waals surface area contributed by atoms with E-state index < -0.39 is 0 Å². The van der Waals surface area contributed by atoms with Crippen molar-refractivity contribution >= 4 is 0 Å². The van der Waals surface area contributed by atoms with Crippen molar-refractivity contribution in [1.82, 2.24) is 15.1 Å². The number of nitrogens with one attached hydrogen (secondary N) is 1. The molecule has 0 saturated carbocycles. The minimum absolute atomic E-state index is 0.767. The molecule has 2 heterocycles. The first-order valence-corrected chi connectivity index (χ1v) is 8.50. The van der Waals surface area contributed by atoms with Crippen molar-refractivity contribution in [2.75, 3.05) is 59.0 Å². The summed E-state index contributed by atoms with van der Waals surface area (Å²) in [6.07, 6.45) is 4.00. The number of unbranched alkanes of at least 4 members (excludes halogenated alkanes) is 1. The van der Waals surface area contributed by atoms with Crippen LogP contribution in [-0.4, -0.2) is 74.9 Å². The predicted molar refractivity (Wildman–Crippen MR) is 84.2 cm³/mol. The fourth-order valence-corrected chi connectivity index (χ4v) is 3.23. The molecule has 2 saturated heterocycles. The molecule has 0 aliphatic carbocycles. The Morgan fingerprint density at radius 3 is 2.70 bits per heavy atom. The Kier molecular flexibility index (Phi) is 7.28. The van der Waals surface area contributed by atoms with Gasteiger partial charge in [0, 0.05) is 25.7 Å². The maximum absolute atomic E-state index is 5.44. The summed E-state index contributed by atoms with van der Waals surface area (Å²) in [7, 11) is 0. The van der Waals surface area contributed by atoms with Crippen LogP contribution in [0, 0.1) is 5.92 Å². The fourth-order valence-electron chi connectivity index (χ4n) is 3.23. The summed E-state index contributed by atoms with van der Waals surface area (Å²) < 4.78 is 5.44. The van der Waals surface area contributed by atoms with E-state index in [1.54, 1.807) is 0 Å². The smallest absolute Gasteiger partial charge is 0.0594 e. The number of hydrogen-bond donors (Lipinski definition) is 1. The average Bonchev–Trinajstić information content (AvgIpc) is 2.92. The number of hydrogen-bond acceptors (Lipinski definition) is 4. The summed E-state index contributed by atoms with van der Waals surface area (Å²) in [6, 6.07) is 0.790. The predicted octanol–water partition coefficient (Wildman–Crippen LogP) is 1.42. The molecule has 1 unspecified atom stereocenters. The van der Waals surface area contributed by atoms with E-state index in [0.717, 1.165) is 44.8 Å². The highest BCUT2D eigenvalue weighted by Crippen LogP contribution is 2.17. The Morgan fingerprint density at radius 2 is 1.95 bits per heavy atom. The second-order valence-corrected chi connectivity index (χ2v) is 6.70. The van der Waals surface area contributed by atoms with Gasteiger partial charge in [0.1, 0.15) is 0 Å². The summed E-state index contributed by atoms with van der Waals surface area (Å²) in [5.74, 6) is 0.767. The van der Waals surface area contributed by atoms with E-state index in [1.807, 2.05) is 0 Å². The maximum Gasteiger partial charge on any atom is 0.0594 e. The Labute approximate surface area is 124 Å². The number of rotatable bonds is 8. The SMILES string of the molecule is CC(C)CNCCCCN1CCC(N2CCOCC2)C1. The number of nitrogens with zero attached hydrogens (tertiary/aromatic N) is 2. The molecule has 0 radical (unpaired) electrons. The van der Waals surface area contributed by atoms with Crippen molar-refractivity contribution in [2.45, 2.75) is 39.2 Å². The molecular weight excluding hydrogens is 250 g/mol. The molecule has 1 N–H and O–H groups in total. The summed E-state index contributed by atoms with van der Waals surface area (Å²) in [4.78, 5) is 5.29. The van der Waals surface area contributed by atoms with Crippen molar-refractivity contribution in [2.24, 2.45) is 5.92 Å². The van der Waals surface area contributed by atoms with E-state index in [9.17, 15) is 0 Å². The second kappa shape index (κ2) is 8.98. The number of ether oxygens (including phenoxy) is 1. The van der Waals surface area contributed by atoms with Gasteiger partial charge < -0.3 is 15.0 Å². The van der Waals surface area contributed by atoms with E-state index in [-0.39, 0.29) is 0 Å². The summed E-state index contributed by atoms with van der Waals surface area (Å²) in [6.45, 7) is 14.9. The fraction of sp³-hybridized carbons (Fsp3) is 1.00. The zero-order valence-corrected chi connectivity index (χ0v) is 13.4. The van der Waals surface area contributed by atoms with Gasteiger partial charge in [0.05, 0.1) is 13.2 Å². The third-order valence-corrected chi connectivity index (χ3v) is 4.44. The molecule has 0 spiro atoms. The first kappa shape index (κ1) is 16.2. The minimum atomic E-state index is 0.767. The topological polar surface area (TPSA) is 27.7 Å². The number of likely N-dealkylation sites (tertiary alicyclic amines) is 1. The quantitative estimate of drug-likeness (QED) is 0.682. The van der Waals surface area contributed by atoms with Crippen molar-refractivity contribution < 1.29 is 4.74 Å². The van der Waals surface area contributed by atoms with Crippen molar-refractivity contribution in [1.29, 1.82) is 0 Å². The van der Waals surface area contributed by atoms with E-state index in [0.29, 0.717) is 0 Å². The van der Waals surface area contributed by atoms with Crippen LogP contribution in [0.15, 0.2) is 0 Å². The van der Waals surface area contributed by atoms with E-state index in [4.69, 9.17) is 4.74 Å². The van der Waals surface area contributed by atoms with Crippen LogP contribution in [0.25, 0.3) is 0 Å². The first-order chi connectivity index (χ1) is 9.75. The minimum Gasteiger partial charge on any atom is -0.379 e. The van der Waals surface area contributed by atoms with Crippen LogP contribution < -0.4 is 5.32 Å². The normalized spacial score (nSPS) is 25.6. The van der Waals surface area contributed by atoms with E-state index in [2.05, 4.69) is 29.0 Å². The highest BCUT2D eigenvalue weighted by Gasteiger charge is 2.28. The summed E-state index contributed by atoms with van der Waals surface area (Å²) in [5.41, 5.74) is 0. The van der Waals surface area contributed by atoms with Gasteiger partial charge >= 0.3 is 0 Å². The monoisotopic (exact) mass is 283 g/mol. The molecule has 0 bridgehead atoms. The largest absolute Gasteiger partial charge is 0.379 e. The van der Waals surface area contributed by atoms with Gasteiger partial charge in [-0.15, -0.1) is 0 Å². The summed E-state index contributed by atoms with van der Waals surface area (Å²) in [5, 5.41) is 3.53. The lowest BCUT2D eigenvalue weighted by atomic mass is 10.2. The van der Waals surface area contributed by atoms with Gasteiger partial charge in [0.15, 0.2) is 0 Å². The number of morpholine rings is 1. The molecule has 2 rings (SSSR count). The van der Waals surface area contributed by atoms with Crippen LogP contribution in [0.4, 0.5) is 0 Å². The van der Waals surface area contributed by atoms with Crippen LogP contribution >= 0.6 is 0 Å². The molecule has 0 aromatic carbocycles. The van der Waals surface area contributed by atoms with Crippen LogP contribution in [0.1, 0.15) is 33.1 Å². The molecule has 20 heavy (non-hydrogen) atoms. The molecule has 0 aromatic heterocycles. The Morgan fingerprint density at radius 1 is 1.15 bits per heavy atom. The molecule has 1 atom stereocenters. The van der Waals surface area contributed by atoms with Crippen LogP contribution in [0.3, 0.4) is 0 Å². The zero-order chi connectivity index (χ0) is 14.2. The van der Waals surface area contributed by atoms with Gasteiger partial charge in [-0.05, 0) is 51.4 Å². The van der Waals surface area contributed by atoms with Crippen LogP contribution in [-0.2, 0) is 4.74 Å². The van der Waals surface area contributed by atoms with Crippen molar-refractivity contribution in [3.63, 3.8) is 0 Å². The molecule has 4 heteroatoms. The van der Waals surface area contributed by atoms with Crippen LogP contribution in [0.5, 0.6) is 0 Å².